The predicted octanol–water partition coefficient (Wildman–Crippen LogP) is -0.0323. The lowest BCUT2D eigenvalue weighted by molar-refractivity contribution is -0.136. The zero-order valence-corrected chi connectivity index (χ0v) is 9.28. The van der Waals surface area contributed by atoms with E-state index in [1.807, 2.05) is 4.90 Å². The normalized spacial score (nSPS) is 36.9. The van der Waals surface area contributed by atoms with Crippen LogP contribution in [0.3, 0.4) is 0 Å². The maximum absolute atomic E-state index is 12.1. The molecule has 4 heteroatoms. The van der Waals surface area contributed by atoms with Crippen LogP contribution in [-0.2, 0) is 4.79 Å². The van der Waals surface area contributed by atoms with Gasteiger partial charge in [-0.15, -0.1) is 0 Å². The van der Waals surface area contributed by atoms with Crippen LogP contribution in [0.15, 0.2) is 0 Å². The third-order valence-electron chi connectivity index (χ3n) is 3.45. The minimum absolute atomic E-state index is 0.173. The Hall–Kier alpha value is -0.610. The lowest BCUT2D eigenvalue weighted by Crippen LogP contribution is -2.43. The van der Waals surface area contributed by atoms with Crippen molar-refractivity contribution < 1.29 is 9.90 Å². The van der Waals surface area contributed by atoms with E-state index in [4.69, 9.17) is 0 Å². The summed E-state index contributed by atoms with van der Waals surface area (Å²) in [6.45, 7) is 4.34. The Bertz CT molecular complexity index is 245. The molecule has 4 nitrogen and oxygen atoms in total. The molecule has 1 amide bonds. The molecular weight excluding hydrogens is 192 g/mol. The second kappa shape index (κ2) is 4.49. The molecule has 2 saturated heterocycles. The number of hydrogen-bond donors (Lipinski definition) is 2. The number of piperidine rings is 1. The molecule has 0 aromatic heterocycles. The van der Waals surface area contributed by atoms with Gasteiger partial charge in [0.05, 0.1) is 6.10 Å². The number of aliphatic hydroxyl groups excluding tert-OH is 1. The van der Waals surface area contributed by atoms with Gasteiger partial charge in [0, 0.05) is 25.0 Å². The highest BCUT2D eigenvalue weighted by Gasteiger charge is 2.32. The average Bonchev–Trinajstić information content (AvgIpc) is 2.64. The Kier molecular flexibility index (Phi) is 3.26. The van der Waals surface area contributed by atoms with E-state index >= 15 is 0 Å². The van der Waals surface area contributed by atoms with Crippen molar-refractivity contribution in [1.82, 2.24) is 10.2 Å². The maximum atomic E-state index is 12.1. The van der Waals surface area contributed by atoms with Gasteiger partial charge in [0.1, 0.15) is 0 Å². The molecule has 2 aliphatic rings. The number of hydrogen-bond acceptors (Lipinski definition) is 3. The minimum atomic E-state index is -0.298. The van der Waals surface area contributed by atoms with Crippen LogP contribution in [0.25, 0.3) is 0 Å². The molecule has 86 valence electrons. The lowest BCUT2D eigenvalue weighted by atomic mass is 9.92. The summed E-state index contributed by atoms with van der Waals surface area (Å²) in [6.07, 6.45) is 2.32. The van der Waals surface area contributed by atoms with Crippen molar-refractivity contribution in [3.63, 3.8) is 0 Å². The van der Waals surface area contributed by atoms with Crippen LogP contribution < -0.4 is 5.32 Å². The summed E-state index contributed by atoms with van der Waals surface area (Å²) in [5.74, 6) is 0.423. The first-order chi connectivity index (χ1) is 7.16. The molecule has 0 spiro atoms. The van der Waals surface area contributed by atoms with E-state index in [1.165, 1.54) is 0 Å². The Morgan fingerprint density at radius 1 is 1.47 bits per heavy atom. The first-order valence-corrected chi connectivity index (χ1v) is 5.87. The molecule has 0 bridgehead atoms. The predicted molar refractivity (Wildman–Crippen MR) is 57.4 cm³/mol. The SMILES string of the molecule is CC1CC(C(=O)N2CC[C@H](O)C2)CCN1. The molecule has 2 aliphatic heterocycles. The fourth-order valence-corrected chi connectivity index (χ4v) is 2.56. The first-order valence-electron chi connectivity index (χ1n) is 5.87. The standard InChI is InChI=1S/C11H20N2O2/c1-8-6-9(2-4-12-8)11(15)13-5-3-10(14)7-13/h8-10,12,14H,2-7H2,1H3/t8?,9?,10-/m0/s1. The first kappa shape index (κ1) is 10.9. The van der Waals surface area contributed by atoms with Crippen LogP contribution in [0.4, 0.5) is 0 Å². The van der Waals surface area contributed by atoms with Crippen LogP contribution >= 0.6 is 0 Å². The Morgan fingerprint density at radius 3 is 2.87 bits per heavy atom. The quantitative estimate of drug-likeness (QED) is 0.641. The zero-order valence-electron chi connectivity index (χ0n) is 9.28. The van der Waals surface area contributed by atoms with E-state index in [2.05, 4.69) is 12.2 Å². The summed E-state index contributed by atoms with van der Waals surface area (Å²) < 4.78 is 0. The minimum Gasteiger partial charge on any atom is -0.391 e. The molecule has 2 N–H and O–H groups in total. The number of carbonyl (C=O) groups excluding carboxylic acids is 1. The van der Waals surface area contributed by atoms with E-state index in [0.717, 1.165) is 32.4 Å². The van der Waals surface area contributed by atoms with Crippen molar-refractivity contribution in [2.24, 2.45) is 5.92 Å². The van der Waals surface area contributed by atoms with E-state index < -0.39 is 0 Å². The molecular formula is C11H20N2O2. The highest BCUT2D eigenvalue weighted by atomic mass is 16.3. The molecule has 0 radical (unpaired) electrons. The van der Waals surface area contributed by atoms with Crippen molar-refractivity contribution in [2.45, 2.75) is 38.3 Å². The smallest absolute Gasteiger partial charge is 0.225 e. The van der Waals surface area contributed by atoms with Gasteiger partial charge in [0.2, 0.25) is 5.91 Å². The van der Waals surface area contributed by atoms with Gasteiger partial charge in [-0.2, -0.15) is 0 Å². The Balaban J connectivity index is 1.89. The van der Waals surface area contributed by atoms with Crippen LogP contribution in [0.5, 0.6) is 0 Å². The van der Waals surface area contributed by atoms with Crippen molar-refractivity contribution in [3.05, 3.63) is 0 Å². The van der Waals surface area contributed by atoms with Gasteiger partial charge in [-0.05, 0) is 32.7 Å². The summed E-state index contributed by atoms with van der Waals surface area (Å²) >= 11 is 0. The van der Waals surface area contributed by atoms with Crippen molar-refractivity contribution in [1.29, 1.82) is 0 Å². The Labute approximate surface area is 90.6 Å². The second-order valence-electron chi connectivity index (χ2n) is 4.80. The molecule has 2 fully saturated rings. The molecule has 3 atom stereocenters. The van der Waals surface area contributed by atoms with E-state index in [0.29, 0.717) is 12.6 Å². The zero-order chi connectivity index (χ0) is 10.8. The molecule has 0 aliphatic carbocycles. The number of likely N-dealkylation sites (tertiary alicyclic amines) is 1. The van der Waals surface area contributed by atoms with E-state index in [9.17, 15) is 9.90 Å². The van der Waals surface area contributed by atoms with Gasteiger partial charge in [-0.25, -0.2) is 0 Å². The van der Waals surface area contributed by atoms with Gasteiger partial charge >= 0.3 is 0 Å². The largest absolute Gasteiger partial charge is 0.391 e. The summed E-state index contributed by atoms with van der Waals surface area (Å²) in [5, 5.41) is 12.7. The van der Waals surface area contributed by atoms with E-state index in [-0.39, 0.29) is 17.9 Å². The molecule has 2 unspecified atom stereocenters. The van der Waals surface area contributed by atoms with Gasteiger partial charge in [0.15, 0.2) is 0 Å². The van der Waals surface area contributed by atoms with Crippen LogP contribution in [-0.4, -0.2) is 47.7 Å². The molecule has 2 rings (SSSR count). The highest BCUT2D eigenvalue weighted by molar-refractivity contribution is 5.79. The van der Waals surface area contributed by atoms with Crippen molar-refractivity contribution in [3.8, 4) is 0 Å². The number of β-amino-alcohol motifs (C(OH)–C–C–N with tert-alkyl or cyclic N) is 1. The van der Waals surface area contributed by atoms with Crippen molar-refractivity contribution in [2.75, 3.05) is 19.6 Å². The highest BCUT2D eigenvalue weighted by Crippen LogP contribution is 2.21. The third kappa shape index (κ3) is 2.49. The van der Waals surface area contributed by atoms with Gasteiger partial charge in [0.25, 0.3) is 0 Å². The number of amides is 1. The van der Waals surface area contributed by atoms with Gasteiger partial charge in [-0.1, -0.05) is 0 Å². The number of nitrogens with one attached hydrogen (secondary N) is 1. The Morgan fingerprint density at radius 2 is 2.27 bits per heavy atom. The average molecular weight is 212 g/mol. The van der Waals surface area contributed by atoms with Crippen molar-refractivity contribution >= 4 is 5.91 Å². The monoisotopic (exact) mass is 212 g/mol. The van der Waals surface area contributed by atoms with Gasteiger partial charge < -0.3 is 15.3 Å². The lowest BCUT2D eigenvalue weighted by Gasteiger charge is -2.30. The summed E-state index contributed by atoms with van der Waals surface area (Å²) in [5.41, 5.74) is 0. The number of aliphatic hydroxyl groups is 1. The molecule has 2 heterocycles. The fraction of sp³-hybridized carbons (Fsp3) is 0.909. The van der Waals surface area contributed by atoms with Crippen LogP contribution in [0.2, 0.25) is 0 Å². The summed E-state index contributed by atoms with van der Waals surface area (Å²) in [6, 6.07) is 0.445. The molecule has 15 heavy (non-hydrogen) atoms. The molecule has 0 saturated carbocycles. The fourth-order valence-electron chi connectivity index (χ4n) is 2.56. The number of rotatable bonds is 1. The molecule has 0 aromatic carbocycles. The van der Waals surface area contributed by atoms with Gasteiger partial charge in [-0.3, -0.25) is 4.79 Å². The maximum Gasteiger partial charge on any atom is 0.225 e. The van der Waals surface area contributed by atoms with E-state index in [1.54, 1.807) is 0 Å². The topological polar surface area (TPSA) is 52.6 Å². The summed E-state index contributed by atoms with van der Waals surface area (Å²) in [4.78, 5) is 13.9. The number of nitrogens with zero attached hydrogens (tertiary/aromatic N) is 1. The number of carbonyl (C=O) groups is 1. The molecule has 0 aromatic rings. The van der Waals surface area contributed by atoms with Crippen LogP contribution in [0, 0.1) is 5.92 Å². The second-order valence-corrected chi connectivity index (χ2v) is 4.80. The summed E-state index contributed by atoms with van der Waals surface area (Å²) in [7, 11) is 0. The van der Waals surface area contributed by atoms with Crippen LogP contribution in [0.1, 0.15) is 26.2 Å². The third-order valence-corrected chi connectivity index (χ3v) is 3.45.